The van der Waals surface area contributed by atoms with Crippen LogP contribution in [0.4, 0.5) is 0 Å². The van der Waals surface area contributed by atoms with Crippen molar-refractivity contribution in [3.63, 3.8) is 0 Å². The van der Waals surface area contributed by atoms with Crippen LogP contribution in [0.3, 0.4) is 0 Å². The lowest BCUT2D eigenvalue weighted by molar-refractivity contribution is -0.130. The van der Waals surface area contributed by atoms with E-state index in [9.17, 15) is 4.79 Å². The van der Waals surface area contributed by atoms with Gasteiger partial charge in [-0.1, -0.05) is 6.42 Å². The second kappa shape index (κ2) is 4.00. The second-order valence-electron chi connectivity index (χ2n) is 5.48. The summed E-state index contributed by atoms with van der Waals surface area (Å²) in [5.41, 5.74) is 0. The maximum absolute atomic E-state index is 11.7. The predicted octanol–water partition coefficient (Wildman–Crippen LogP) is 0.391. The van der Waals surface area contributed by atoms with E-state index < -0.39 is 0 Å². The lowest BCUT2D eigenvalue weighted by atomic mass is 9.82. The number of hydrogen-bond donors (Lipinski definition) is 1. The van der Waals surface area contributed by atoms with Crippen LogP contribution < -0.4 is 5.32 Å². The van der Waals surface area contributed by atoms with Gasteiger partial charge in [-0.2, -0.15) is 0 Å². The largest absolute Gasteiger partial charge is 0.326 e. The van der Waals surface area contributed by atoms with E-state index in [1.54, 1.807) is 0 Å². The lowest BCUT2D eigenvalue weighted by Gasteiger charge is -2.48. The van der Waals surface area contributed by atoms with Crippen molar-refractivity contribution in [2.75, 3.05) is 20.3 Å². The number of piperidine rings is 2. The Bertz CT molecular complexity index is 280. The molecule has 2 unspecified atom stereocenters. The summed E-state index contributed by atoms with van der Waals surface area (Å²) in [7, 11) is 2.26. The summed E-state index contributed by atoms with van der Waals surface area (Å²) in [6.45, 7) is 1.31. The van der Waals surface area contributed by atoms with E-state index in [4.69, 9.17) is 0 Å². The van der Waals surface area contributed by atoms with E-state index in [0.29, 0.717) is 30.6 Å². The fraction of sp³-hybridized carbons (Fsp3) is 0.917. The Morgan fingerprint density at radius 3 is 2.44 bits per heavy atom. The SMILES string of the molecule is CN1C2CCCC1CC(N1CNCC1=O)C2. The first-order valence-electron chi connectivity index (χ1n) is 6.48. The number of nitrogens with zero attached hydrogens (tertiary/aromatic N) is 2. The topological polar surface area (TPSA) is 35.6 Å². The number of nitrogens with one attached hydrogen (secondary N) is 1. The molecular weight excluding hydrogens is 202 g/mol. The number of fused-ring (bicyclic) bond motifs is 2. The van der Waals surface area contributed by atoms with Gasteiger partial charge in [-0.3, -0.25) is 10.1 Å². The number of rotatable bonds is 1. The average molecular weight is 223 g/mol. The molecule has 90 valence electrons. The van der Waals surface area contributed by atoms with E-state index in [-0.39, 0.29) is 0 Å². The maximum Gasteiger partial charge on any atom is 0.237 e. The highest BCUT2D eigenvalue weighted by atomic mass is 16.2. The zero-order valence-corrected chi connectivity index (χ0v) is 9.98. The highest BCUT2D eigenvalue weighted by Gasteiger charge is 2.40. The predicted molar refractivity (Wildman–Crippen MR) is 61.9 cm³/mol. The van der Waals surface area contributed by atoms with Gasteiger partial charge in [0, 0.05) is 18.1 Å². The zero-order valence-electron chi connectivity index (χ0n) is 9.98. The fourth-order valence-corrected chi connectivity index (χ4v) is 3.65. The van der Waals surface area contributed by atoms with Crippen LogP contribution in [0.5, 0.6) is 0 Å². The molecule has 4 heteroatoms. The monoisotopic (exact) mass is 223 g/mol. The molecule has 3 aliphatic rings. The van der Waals surface area contributed by atoms with Crippen molar-refractivity contribution < 1.29 is 4.79 Å². The van der Waals surface area contributed by atoms with Crippen LogP contribution in [0.1, 0.15) is 32.1 Å². The third-order valence-electron chi connectivity index (χ3n) is 4.63. The molecule has 0 aromatic rings. The summed E-state index contributed by atoms with van der Waals surface area (Å²) in [6.07, 6.45) is 6.37. The molecule has 3 saturated heterocycles. The molecule has 0 radical (unpaired) electrons. The highest BCUT2D eigenvalue weighted by molar-refractivity contribution is 5.80. The molecule has 3 aliphatic heterocycles. The van der Waals surface area contributed by atoms with Crippen LogP contribution >= 0.6 is 0 Å². The van der Waals surface area contributed by atoms with Gasteiger partial charge in [0.05, 0.1) is 13.2 Å². The van der Waals surface area contributed by atoms with Crippen LogP contribution in [0, 0.1) is 0 Å². The Labute approximate surface area is 97.0 Å². The summed E-state index contributed by atoms with van der Waals surface area (Å²) in [6, 6.07) is 1.92. The van der Waals surface area contributed by atoms with Crippen molar-refractivity contribution in [1.29, 1.82) is 0 Å². The molecule has 16 heavy (non-hydrogen) atoms. The number of carbonyl (C=O) groups is 1. The Morgan fingerprint density at radius 2 is 1.88 bits per heavy atom. The van der Waals surface area contributed by atoms with E-state index in [1.165, 1.54) is 32.1 Å². The Hall–Kier alpha value is -0.610. The van der Waals surface area contributed by atoms with E-state index in [0.717, 1.165) is 6.67 Å². The number of carbonyl (C=O) groups excluding carboxylic acids is 1. The molecule has 0 aromatic heterocycles. The van der Waals surface area contributed by atoms with Crippen LogP contribution in [0.2, 0.25) is 0 Å². The van der Waals surface area contributed by atoms with Crippen LogP contribution in [0.15, 0.2) is 0 Å². The van der Waals surface area contributed by atoms with Gasteiger partial charge in [0.1, 0.15) is 0 Å². The van der Waals surface area contributed by atoms with Gasteiger partial charge in [0.2, 0.25) is 5.91 Å². The highest BCUT2D eigenvalue weighted by Crippen LogP contribution is 2.34. The zero-order chi connectivity index (χ0) is 11.1. The average Bonchev–Trinajstić information content (AvgIpc) is 2.64. The minimum atomic E-state index is 0.299. The van der Waals surface area contributed by atoms with Gasteiger partial charge in [-0.25, -0.2) is 0 Å². The fourth-order valence-electron chi connectivity index (χ4n) is 3.65. The van der Waals surface area contributed by atoms with Crippen LogP contribution in [-0.2, 0) is 4.79 Å². The lowest BCUT2D eigenvalue weighted by Crippen LogP contribution is -2.55. The molecular formula is C12H21N3O. The maximum atomic E-state index is 11.7. The Kier molecular flexibility index (Phi) is 2.64. The molecule has 2 bridgehead atoms. The summed E-state index contributed by atoms with van der Waals surface area (Å²) in [5, 5.41) is 3.16. The van der Waals surface area contributed by atoms with Crippen LogP contribution in [-0.4, -0.2) is 54.1 Å². The van der Waals surface area contributed by atoms with E-state index >= 15 is 0 Å². The summed E-state index contributed by atoms with van der Waals surface area (Å²) in [5.74, 6) is 0.299. The standard InChI is InChI=1S/C12H21N3O/c1-14-9-3-2-4-10(14)6-11(5-9)15-8-13-7-12(15)16/h9-11,13H,2-8H2,1H3. The Balaban J connectivity index is 1.72. The first-order valence-corrected chi connectivity index (χ1v) is 6.48. The van der Waals surface area contributed by atoms with Crippen LogP contribution in [0.25, 0.3) is 0 Å². The van der Waals surface area contributed by atoms with Gasteiger partial charge >= 0.3 is 0 Å². The molecule has 3 rings (SSSR count). The van der Waals surface area contributed by atoms with Crippen molar-refractivity contribution in [1.82, 2.24) is 15.1 Å². The first kappa shape index (κ1) is 10.5. The molecule has 1 amide bonds. The van der Waals surface area contributed by atoms with Crippen molar-refractivity contribution in [3.8, 4) is 0 Å². The summed E-state index contributed by atoms with van der Waals surface area (Å²) < 4.78 is 0. The number of hydrogen-bond acceptors (Lipinski definition) is 3. The molecule has 4 nitrogen and oxygen atoms in total. The van der Waals surface area contributed by atoms with Gasteiger partial charge < -0.3 is 9.80 Å². The molecule has 3 heterocycles. The van der Waals surface area contributed by atoms with Crippen molar-refractivity contribution in [2.24, 2.45) is 0 Å². The second-order valence-corrected chi connectivity index (χ2v) is 5.48. The van der Waals surface area contributed by atoms with Crippen molar-refractivity contribution in [2.45, 2.75) is 50.2 Å². The van der Waals surface area contributed by atoms with Gasteiger partial charge in [0.25, 0.3) is 0 Å². The Morgan fingerprint density at radius 1 is 1.19 bits per heavy atom. The molecule has 0 aliphatic carbocycles. The van der Waals surface area contributed by atoms with Gasteiger partial charge in [-0.05, 0) is 32.7 Å². The van der Waals surface area contributed by atoms with E-state index in [2.05, 4.69) is 22.2 Å². The summed E-state index contributed by atoms with van der Waals surface area (Å²) in [4.78, 5) is 16.3. The molecule has 3 fully saturated rings. The molecule has 2 atom stereocenters. The normalized spacial score (nSPS) is 40.4. The third-order valence-corrected chi connectivity index (χ3v) is 4.63. The smallest absolute Gasteiger partial charge is 0.237 e. The number of amides is 1. The molecule has 0 aromatic carbocycles. The van der Waals surface area contributed by atoms with Crippen molar-refractivity contribution >= 4 is 5.91 Å². The first-order chi connectivity index (χ1) is 7.75. The van der Waals surface area contributed by atoms with Gasteiger partial charge in [0.15, 0.2) is 0 Å². The molecule has 1 N–H and O–H groups in total. The quantitative estimate of drug-likeness (QED) is 0.698. The molecule has 0 spiro atoms. The van der Waals surface area contributed by atoms with Crippen molar-refractivity contribution in [3.05, 3.63) is 0 Å². The minimum Gasteiger partial charge on any atom is -0.326 e. The minimum absolute atomic E-state index is 0.299. The summed E-state index contributed by atoms with van der Waals surface area (Å²) >= 11 is 0. The molecule has 0 saturated carbocycles. The van der Waals surface area contributed by atoms with E-state index in [1.807, 2.05) is 0 Å². The van der Waals surface area contributed by atoms with Gasteiger partial charge in [-0.15, -0.1) is 0 Å². The third kappa shape index (κ3) is 1.64.